The van der Waals surface area contributed by atoms with Crippen molar-refractivity contribution in [3.63, 3.8) is 0 Å². The van der Waals surface area contributed by atoms with Crippen molar-refractivity contribution in [2.24, 2.45) is 94.0 Å². The number of methoxy groups -OCH3 is 2. The summed E-state index contributed by atoms with van der Waals surface area (Å²) in [6.07, 6.45) is 24.0. The zero-order valence-corrected chi connectivity index (χ0v) is 36.3. The molecule has 3 heterocycles. The molecule has 4 bridgehead atoms. The molecule has 3 aliphatic heterocycles. The lowest BCUT2D eigenvalue weighted by Gasteiger charge is -2.61. The molecule has 0 aromatic carbocycles. The van der Waals surface area contributed by atoms with Crippen molar-refractivity contribution in [2.45, 2.75) is 171 Å². The van der Waals surface area contributed by atoms with E-state index in [2.05, 4.69) is 29.3 Å². The summed E-state index contributed by atoms with van der Waals surface area (Å²) in [6, 6.07) is 0.0378. The second-order valence-corrected chi connectivity index (χ2v) is 22.1. The van der Waals surface area contributed by atoms with Gasteiger partial charge in [0.05, 0.1) is 55.4 Å². The molecule has 59 heavy (non-hydrogen) atoms. The molecule has 0 aromatic heterocycles. The summed E-state index contributed by atoms with van der Waals surface area (Å²) >= 11 is 0. The van der Waals surface area contributed by atoms with Crippen LogP contribution in [-0.4, -0.2) is 85.8 Å². The lowest BCUT2D eigenvalue weighted by molar-refractivity contribution is -0.194. The number of aliphatic hydroxyl groups excluding tert-OH is 2. The summed E-state index contributed by atoms with van der Waals surface area (Å²) in [5.41, 5.74) is 6.98. The summed E-state index contributed by atoms with van der Waals surface area (Å²) < 4.78 is 26.2. The number of nitrogens with one attached hydrogen (secondary N) is 1. The Kier molecular flexibility index (Phi) is 11.9. The Balaban J connectivity index is 1.10. The van der Waals surface area contributed by atoms with E-state index in [9.17, 15) is 15.0 Å². The van der Waals surface area contributed by atoms with Gasteiger partial charge in [-0.3, -0.25) is 10.1 Å². The van der Waals surface area contributed by atoms with Gasteiger partial charge < -0.3 is 34.9 Å². The highest BCUT2D eigenvalue weighted by molar-refractivity contribution is 5.65. The van der Waals surface area contributed by atoms with E-state index in [0.717, 1.165) is 44.4 Å². The van der Waals surface area contributed by atoms with Gasteiger partial charge in [-0.15, -0.1) is 5.92 Å². The molecule has 7 aliphatic carbocycles. The van der Waals surface area contributed by atoms with Crippen LogP contribution < -0.4 is 11.1 Å². The van der Waals surface area contributed by atoms with E-state index in [4.69, 9.17) is 24.7 Å². The Morgan fingerprint density at radius 3 is 2.44 bits per heavy atom. The van der Waals surface area contributed by atoms with Crippen LogP contribution in [0, 0.1) is 100 Å². The minimum atomic E-state index is -0.550. The lowest BCUT2D eigenvalue weighted by Crippen LogP contribution is -2.60. The number of allylic oxidation sites excluding steroid dienone is 2. The van der Waals surface area contributed by atoms with Gasteiger partial charge in [-0.2, -0.15) is 0 Å². The standard InChI is InChI=1S/C50H76N2O7/c1-27(53)58-26-38-35-14-15-36-45-33(19-34(54)22-42(45)57-3)25-50-17-16-32(24-50)44-30(18-28-8-5-4-6-9-28)12-13-31-21-43(51)52-39(46(31)44)11-7-10-29-20-40(55)41(56-2)23-37(29)48(38)59-49(35)47(36)50/h12-13,28-49,52,54-55H,4-6,8-10,14-26,51H2,1-3H3. The SMILES string of the molecule is COC1CC2C(CC#CC3NC(N)CC4C=CC(CC5CCCCC5)C(C5CCC6(CC7CC(O)CC(OC)C7C7CCC8C(COC(C)=O)C2OC8C76)C5)C43)CC1O. The molecule has 10 rings (SSSR count). The summed E-state index contributed by atoms with van der Waals surface area (Å²) in [5, 5.41) is 26.8. The molecule has 1 spiro atoms. The maximum absolute atomic E-state index is 12.5. The first-order chi connectivity index (χ1) is 28.6. The Labute approximate surface area is 354 Å². The number of rotatable bonds is 6. The number of carbonyl (C=O) groups excluding carboxylic acids is 1. The van der Waals surface area contributed by atoms with Gasteiger partial charge in [0.25, 0.3) is 0 Å². The van der Waals surface area contributed by atoms with Crippen molar-refractivity contribution in [3.8, 4) is 11.8 Å². The fraction of sp³-hybridized carbons (Fsp3) is 0.900. The second-order valence-electron chi connectivity index (χ2n) is 22.1. The van der Waals surface area contributed by atoms with Crippen LogP contribution in [0.4, 0.5) is 0 Å². The third-order valence-electron chi connectivity index (χ3n) is 19.4. The van der Waals surface area contributed by atoms with Gasteiger partial charge in [0.15, 0.2) is 0 Å². The predicted octanol–water partition coefficient (Wildman–Crippen LogP) is 6.63. The molecule has 8 fully saturated rings. The molecule has 328 valence electrons. The van der Waals surface area contributed by atoms with E-state index in [0.29, 0.717) is 85.0 Å². The molecule has 0 radical (unpaired) electrons. The van der Waals surface area contributed by atoms with Gasteiger partial charge in [0.2, 0.25) is 0 Å². The Bertz CT molecular complexity index is 1610. The number of piperidine rings is 1. The molecule has 22 unspecified atom stereocenters. The molecule has 22 atom stereocenters. The normalized spacial score (nSPS) is 52.7. The largest absolute Gasteiger partial charge is 0.465 e. The molecule has 6 saturated carbocycles. The van der Waals surface area contributed by atoms with Crippen LogP contribution in [0.5, 0.6) is 0 Å². The van der Waals surface area contributed by atoms with Gasteiger partial charge in [-0.1, -0.05) is 50.2 Å². The van der Waals surface area contributed by atoms with Crippen LogP contribution in [0.15, 0.2) is 12.2 Å². The van der Waals surface area contributed by atoms with Gasteiger partial charge >= 0.3 is 5.97 Å². The molecule has 5 N–H and O–H groups in total. The monoisotopic (exact) mass is 817 g/mol. The first-order valence-electron chi connectivity index (χ1n) is 24.5. The third kappa shape index (κ3) is 7.51. The minimum Gasteiger partial charge on any atom is -0.465 e. The van der Waals surface area contributed by atoms with E-state index < -0.39 is 6.10 Å². The van der Waals surface area contributed by atoms with Crippen molar-refractivity contribution >= 4 is 5.97 Å². The van der Waals surface area contributed by atoms with Crippen LogP contribution in [0.25, 0.3) is 0 Å². The number of fused-ring (bicyclic) bond motifs is 7. The lowest BCUT2D eigenvalue weighted by atomic mass is 9.45. The molecule has 10 aliphatic rings. The summed E-state index contributed by atoms with van der Waals surface area (Å²) in [5.74, 6) is 13.3. The molecular weight excluding hydrogens is 741 g/mol. The fourth-order valence-corrected chi connectivity index (χ4v) is 17.4. The first kappa shape index (κ1) is 41.5. The summed E-state index contributed by atoms with van der Waals surface area (Å²) in [7, 11) is 3.61. The Morgan fingerprint density at radius 1 is 0.847 bits per heavy atom. The Hall–Kier alpha value is -1.51. The zero-order chi connectivity index (χ0) is 40.6. The minimum absolute atomic E-state index is 0.0378. The highest BCUT2D eigenvalue weighted by atomic mass is 16.5. The molecule has 0 amide bonds. The molecule has 9 heteroatoms. The van der Waals surface area contributed by atoms with E-state index in [1.165, 1.54) is 64.7 Å². The van der Waals surface area contributed by atoms with Gasteiger partial charge in [0.1, 0.15) is 0 Å². The van der Waals surface area contributed by atoms with Crippen molar-refractivity contribution in [2.75, 3.05) is 20.8 Å². The van der Waals surface area contributed by atoms with Gasteiger partial charge in [-0.05, 0) is 159 Å². The molecular formula is C50H76N2O7. The van der Waals surface area contributed by atoms with Crippen LogP contribution in [0.3, 0.4) is 0 Å². The number of esters is 1. The number of hydrogen-bond donors (Lipinski definition) is 4. The van der Waals surface area contributed by atoms with Crippen LogP contribution >= 0.6 is 0 Å². The van der Waals surface area contributed by atoms with E-state index in [1.54, 1.807) is 7.11 Å². The number of aliphatic hydroxyl groups is 2. The zero-order valence-electron chi connectivity index (χ0n) is 36.3. The highest BCUT2D eigenvalue weighted by Gasteiger charge is 2.67. The summed E-state index contributed by atoms with van der Waals surface area (Å²) in [6.45, 7) is 1.92. The predicted molar refractivity (Wildman–Crippen MR) is 225 cm³/mol. The second kappa shape index (κ2) is 16.9. The average molecular weight is 817 g/mol. The highest BCUT2D eigenvalue weighted by Crippen LogP contribution is 2.69. The maximum atomic E-state index is 12.5. The molecule has 0 aromatic rings. The number of hydrogen-bond acceptors (Lipinski definition) is 9. The van der Waals surface area contributed by atoms with E-state index in [1.807, 2.05) is 7.11 Å². The smallest absolute Gasteiger partial charge is 0.302 e. The third-order valence-corrected chi connectivity index (χ3v) is 19.4. The van der Waals surface area contributed by atoms with Crippen LogP contribution in [0.2, 0.25) is 0 Å². The topological polar surface area (TPSA) is 133 Å². The van der Waals surface area contributed by atoms with Crippen molar-refractivity contribution in [1.82, 2.24) is 5.32 Å². The van der Waals surface area contributed by atoms with Gasteiger partial charge in [0, 0.05) is 33.5 Å². The van der Waals surface area contributed by atoms with E-state index in [-0.39, 0.29) is 71.9 Å². The number of ether oxygens (including phenoxy) is 4. The van der Waals surface area contributed by atoms with Crippen molar-refractivity contribution in [1.29, 1.82) is 0 Å². The van der Waals surface area contributed by atoms with Crippen LogP contribution in [0.1, 0.15) is 122 Å². The van der Waals surface area contributed by atoms with Crippen molar-refractivity contribution in [3.05, 3.63) is 12.2 Å². The Morgan fingerprint density at radius 2 is 1.64 bits per heavy atom. The molecule has 2 saturated heterocycles. The first-order valence-corrected chi connectivity index (χ1v) is 24.5. The van der Waals surface area contributed by atoms with Crippen molar-refractivity contribution < 1.29 is 34.0 Å². The quantitative estimate of drug-likeness (QED) is 0.133. The average Bonchev–Trinajstić information content (AvgIpc) is 3.81. The maximum Gasteiger partial charge on any atom is 0.302 e. The fourth-order valence-electron chi connectivity index (χ4n) is 17.4. The van der Waals surface area contributed by atoms with E-state index >= 15 is 0 Å². The van der Waals surface area contributed by atoms with Gasteiger partial charge in [-0.25, -0.2) is 0 Å². The number of carbonyl (C=O) groups is 1. The molecule has 9 nitrogen and oxygen atoms in total. The number of nitrogens with two attached hydrogens (primary N) is 1. The van der Waals surface area contributed by atoms with Crippen LogP contribution in [-0.2, 0) is 23.7 Å². The summed E-state index contributed by atoms with van der Waals surface area (Å²) in [4.78, 5) is 12.5.